The van der Waals surface area contributed by atoms with Crippen LogP contribution in [0.4, 0.5) is 0 Å². The Labute approximate surface area is 108 Å². The molecule has 0 radical (unpaired) electrons. The van der Waals surface area contributed by atoms with Gasteiger partial charge in [0.15, 0.2) is 0 Å². The van der Waals surface area contributed by atoms with Gasteiger partial charge in [-0.05, 0) is 37.1 Å². The smallest absolute Gasteiger partial charge is 0.220 e. The van der Waals surface area contributed by atoms with Crippen molar-refractivity contribution in [2.75, 3.05) is 6.54 Å². The monoisotopic (exact) mass is 245 g/mol. The van der Waals surface area contributed by atoms with Gasteiger partial charge in [0, 0.05) is 13.0 Å². The van der Waals surface area contributed by atoms with Crippen LogP contribution in [0.15, 0.2) is 24.3 Å². The van der Waals surface area contributed by atoms with Crippen molar-refractivity contribution in [1.29, 1.82) is 5.26 Å². The topological polar surface area (TPSA) is 78.9 Å². The molecule has 1 rings (SSSR count). The summed E-state index contributed by atoms with van der Waals surface area (Å²) >= 11 is 0. The van der Waals surface area contributed by atoms with Gasteiger partial charge >= 0.3 is 0 Å². The van der Waals surface area contributed by atoms with Gasteiger partial charge in [0.05, 0.1) is 11.6 Å². The standard InChI is InChI=1S/C14H19N3O/c15-8-3-1-2-7-14(18)17-11-13-6-4-5-12(9-13)10-16/h4-6,9H,1-3,7-8,11,15H2,(H,17,18). The summed E-state index contributed by atoms with van der Waals surface area (Å²) in [5.74, 6) is 0.0504. The van der Waals surface area contributed by atoms with Crippen molar-refractivity contribution in [3.63, 3.8) is 0 Å². The Hall–Kier alpha value is -1.86. The van der Waals surface area contributed by atoms with Crippen LogP contribution in [0.5, 0.6) is 0 Å². The second-order valence-electron chi connectivity index (χ2n) is 4.19. The van der Waals surface area contributed by atoms with Gasteiger partial charge in [0.2, 0.25) is 5.91 Å². The Morgan fingerprint density at radius 2 is 2.17 bits per heavy atom. The lowest BCUT2D eigenvalue weighted by Gasteiger charge is -2.05. The minimum Gasteiger partial charge on any atom is -0.352 e. The molecule has 0 saturated carbocycles. The number of unbranched alkanes of at least 4 members (excludes halogenated alkanes) is 2. The third-order valence-corrected chi connectivity index (χ3v) is 2.65. The maximum absolute atomic E-state index is 11.5. The molecule has 0 aliphatic rings. The van der Waals surface area contributed by atoms with Crippen molar-refractivity contribution in [1.82, 2.24) is 5.32 Å². The van der Waals surface area contributed by atoms with E-state index >= 15 is 0 Å². The second-order valence-corrected chi connectivity index (χ2v) is 4.19. The van der Waals surface area contributed by atoms with Crippen LogP contribution in [0.2, 0.25) is 0 Å². The van der Waals surface area contributed by atoms with E-state index in [0.717, 1.165) is 24.8 Å². The number of carbonyl (C=O) groups excluding carboxylic acids is 1. The van der Waals surface area contributed by atoms with E-state index < -0.39 is 0 Å². The summed E-state index contributed by atoms with van der Waals surface area (Å²) in [6.07, 6.45) is 3.38. The van der Waals surface area contributed by atoms with Gasteiger partial charge in [-0.2, -0.15) is 5.26 Å². The minimum absolute atomic E-state index is 0.0504. The van der Waals surface area contributed by atoms with E-state index in [4.69, 9.17) is 11.0 Å². The molecule has 0 atom stereocenters. The first-order valence-electron chi connectivity index (χ1n) is 6.22. The fourth-order valence-corrected chi connectivity index (χ4v) is 1.65. The quantitative estimate of drug-likeness (QED) is 0.717. The molecule has 0 aliphatic carbocycles. The second kappa shape index (κ2) is 8.26. The molecule has 0 aromatic heterocycles. The van der Waals surface area contributed by atoms with E-state index in [1.54, 1.807) is 12.1 Å². The average Bonchev–Trinajstić information content (AvgIpc) is 2.41. The van der Waals surface area contributed by atoms with E-state index in [9.17, 15) is 4.79 Å². The number of nitriles is 1. The third-order valence-electron chi connectivity index (χ3n) is 2.65. The zero-order valence-corrected chi connectivity index (χ0v) is 10.5. The van der Waals surface area contributed by atoms with Crippen LogP contribution in [0.1, 0.15) is 36.8 Å². The normalized spacial score (nSPS) is 9.78. The van der Waals surface area contributed by atoms with E-state index in [2.05, 4.69) is 11.4 Å². The van der Waals surface area contributed by atoms with Crippen LogP contribution in [-0.4, -0.2) is 12.5 Å². The zero-order chi connectivity index (χ0) is 13.2. The molecule has 18 heavy (non-hydrogen) atoms. The number of rotatable bonds is 7. The summed E-state index contributed by atoms with van der Waals surface area (Å²) < 4.78 is 0. The fraction of sp³-hybridized carbons (Fsp3) is 0.429. The Balaban J connectivity index is 2.27. The lowest BCUT2D eigenvalue weighted by atomic mass is 10.1. The van der Waals surface area contributed by atoms with Crippen LogP contribution in [0.3, 0.4) is 0 Å². The summed E-state index contributed by atoms with van der Waals surface area (Å²) in [5, 5.41) is 11.6. The largest absolute Gasteiger partial charge is 0.352 e. The Bertz CT molecular complexity index is 423. The molecule has 1 amide bonds. The summed E-state index contributed by atoms with van der Waals surface area (Å²) in [7, 11) is 0. The summed E-state index contributed by atoms with van der Waals surface area (Å²) in [4.78, 5) is 11.5. The Morgan fingerprint density at radius 1 is 1.33 bits per heavy atom. The van der Waals surface area contributed by atoms with E-state index in [1.165, 1.54) is 0 Å². The van der Waals surface area contributed by atoms with Crippen molar-refractivity contribution in [2.45, 2.75) is 32.2 Å². The van der Waals surface area contributed by atoms with Gasteiger partial charge in [-0.25, -0.2) is 0 Å². The number of hydrogen-bond donors (Lipinski definition) is 2. The molecule has 96 valence electrons. The molecule has 1 aromatic rings. The zero-order valence-electron chi connectivity index (χ0n) is 10.5. The van der Waals surface area contributed by atoms with Crippen LogP contribution in [0, 0.1) is 11.3 Å². The molecule has 0 saturated heterocycles. The van der Waals surface area contributed by atoms with Crippen LogP contribution in [-0.2, 0) is 11.3 Å². The number of benzene rings is 1. The number of amides is 1. The van der Waals surface area contributed by atoms with Crippen molar-refractivity contribution < 1.29 is 4.79 Å². The van der Waals surface area contributed by atoms with Crippen molar-refractivity contribution in [2.24, 2.45) is 5.73 Å². The molecular weight excluding hydrogens is 226 g/mol. The van der Waals surface area contributed by atoms with Crippen LogP contribution in [0.25, 0.3) is 0 Å². The number of nitrogens with two attached hydrogens (primary N) is 1. The number of nitrogens with one attached hydrogen (secondary N) is 1. The number of hydrogen-bond acceptors (Lipinski definition) is 3. The predicted octanol–water partition coefficient (Wildman–Crippen LogP) is 1.69. The minimum atomic E-state index is 0.0504. The molecule has 0 unspecified atom stereocenters. The number of nitrogens with zero attached hydrogens (tertiary/aromatic N) is 1. The van der Waals surface area contributed by atoms with E-state index in [0.29, 0.717) is 25.1 Å². The molecule has 0 spiro atoms. The van der Waals surface area contributed by atoms with E-state index in [-0.39, 0.29) is 5.91 Å². The highest BCUT2D eigenvalue weighted by atomic mass is 16.1. The van der Waals surface area contributed by atoms with Crippen molar-refractivity contribution in [3.05, 3.63) is 35.4 Å². The van der Waals surface area contributed by atoms with Gasteiger partial charge in [0.25, 0.3) is 0 Å². The lowest BCUT2D eigenvalue weighted by Crippen LogP contribution is -2.22. The van der Waals surface area contributed by atoms with Gasteiger partial charge < -0.3 is 11.1 Å². The van der Waals surface area contributed by atoms with Gasteiger partial charge in [0.1, 0.15) is 0 Å². The Morgan fingerprint density at radius 3 is 2.89 bits per heavy atom. The van der Waals surface area contributed by atoms with Crippen molar-refractivity contribution >= 4 is 5.91 Å². The van der Waals surface area contributed by atoms with E-state index in [1.807, 2.05) is 12.1 Å². The molecule has 0 bridgehead atoms. The third kappa shape index (κ3) is 5.46. The molecule has 4 nitrogen and oxygen atoms in total. The fourth-order valence-electron chi connectivity index (χ4n) is 1.65. The summed E-state index contributed by atoms with van der Waals surface area (Å²) in [6.45, 7) is 1.16. The Kier molecular flexibility index (Phi) is 6.52. The highest BCUT2D eigenvalue weighted by Gasteiger charge is 2.01. The molecule has 1 aromatic carbocycles. The predicted molar refractivity (Wildman–Crippen MR) is 70.5 cm³/mol. The molecule has 3 N–H and O–H groups in total. The van der Waals surface area contributed by atoms with Crippen molar-refractivity contribution in [3.8, 4) is 6.07 Å². The first-order valence-corrected chi connectivity index (χ1v) is 6.22. The molecule has 4 heteroatoms. The first-order chi connectivity index (χ1) is 8.76. The number of carbonyl (C=O) groups is 1. The first kappa shape index (κ1) is 14.2. The van der Waals surface area contributed by atoms with Crippen LogP contribution < -0.4 is 11.1 Å². The highest BCUT2D eigenvalue weighted by Crippen LogP contribution is 2.04. The molecule has 0 heterocycles. The van der Waals surface area contributed by atoms with Gasteiger partial charge in [-0.15, -0.1) is 0 Å². The summed E-state index contributed by atoms with van der Waals surface area (Å²) in [6, 6.07) is 9.33. The molecule has 0 fully saturated rings. The maximum atomic E-state index is 11.5. The molecular formula is C14H19N3O. The van der Waals surface area contributed by atoms with Crippen LogP contribution >= 0.6 is 0 Å². The maximum Gasteiger partial charge on any atom is 0.220 e. The molecule has 0 aliphatic heterocycles. The summed E-state index contributed by atoms with van der Waals surface area (Å²) in [5.41, 5.74) is 6.94. The SMILES string of the molecule is N#Cc1cccc(CNC(=O)CCCCCN)c1. The van der Waals surface area contributed by atoms with Gasteiger partial charge in [-0.1, -0.05) is 18.6 Å². The van der Waals surface area contributed by atoms with Gasteiger partial charge in [-0.3, -0.25) is 4.79 Å². The lowest BCUT2D eigenvalue weighted by molar-refractivity contribution is -0.121. The highest BCUT2D eigenvalue weighted by molar-refractivity contribution is 5.75. The average molecular weight is 245 g/mol.